The lowest BCUT2D eigenvalue weighted by atomic mass is 9.97. The number of hydrogen-bond acceptors (Lipinski definition) is 2. The zero-order valence-corrected chi connectivity index (χ0v) is 9.00. The highest BCUT2D eigenvalue weighted by atomic mass is 16.5. The van der Waals surface area contributed by atoms with Crippen molar-refractivity contribution in [1.82, 2.24) is 4.73 Å². The van der Waals surface area contributed by atoms with Crippen LogP contribution in [0.1, 0.15) is 24.1 Å². The predicted octanol–water partition coefficient (Wildman–Crippen LogP) is 2.24. The Morgan fingerprint density at radius 2 is 1.75 bits per heavy atom. The molecule has 1 atom stereocenters. The smallest absolute Gasteiger partial charge is 0.283 e. The Hall–Kier alpha value is -2.03. The lowest BCUT2D eigenvalue weighted by Gasteiger charge is -2.14. The molecule has 1 N–H and O–H groups in total. The summed E-state index contributed by atoms with van der Waals surface area (Å²) in [5.74, 6) is -0.0138. The summed E-state index contributed by atoms with van der Waals surface area (Å²) in [6.07, 6.45) is 0. The normalized spacial score (nSPS) is 12.3. The molecule has 0 amide bonds. The summed E-state index contributed by atoms with van der Waals surface area (Å²) in [4.78, 5) is 11.3. The van der Waals surface area contributed by atoms with Crippen LogP contribution in [-0.2, 0) is 0 Å². The van der Waals surface area contributed by atoms with Gasteiger partial charge in [0.05, 0.1) is 5.69 Å². The van der Waals surface area contributed by atoms with Gasteiger partial charge in [0, 0.05) is 12.0 Å². The van der Waals surface area contributed by atoms with E-state index in [-0.39, 0.29) is 5.92 Å². The standard InChI is InChI=1S/C13H13NO2/c1-10(11-6-3-2-4-7-11)12-8-5-9-13(15)14(12)16/h2-10,16H,1H3. The van der Waals surface area contributed by atoms with Crippen molar-refractivity contribution >= 4 is 0 Å². The maximum Gasteiger partial charge on any atom is 0.283 e. The molecular weight excluding hydrogens is 202 g/mol. The molecule has 0 aliphatic carbocycles. The first-order valence-corrected chi connectivity index (χ1v) is 5.16. The van der Waals surface area contributed by atoms with Crippen molar-refractivity contribution in [2.24, 2.45) is 0 Å². The first-order chi connectivity index (χ1) is 7.70. The monoisotopic (exact) mass is 215 g/mol. The first kappa shape index (κ1) is 10.5. The molecule has 0 saturated heterocycles. The maximum absolute atomic E-state index is 11.3. The fraction of sp³-hybridized carbons (Fsp3) is 0.154. The maximum atomic E-state index is 11.3. The van der Waals surface area contributed by atoms with Crippen molar-refractivity contribution < 1.29 is 5.21 Å². The number of benzene rings is 1. The molecule has 0 spiro atoms. The van der Waals surface area contributed by atoms with Crippen molar-refractivity contribution in [3.8, 4) is 0 Å². The molecule has 16 heavy (non-hydrogen) atoms. The van der Waals surface area contributed by atoms with Gasteiger partial charge in [0.1, 0.15) is 0 Å². The third-order valence-electron chi connectivity index (χ3n) is 2.70. The molecule has 2 rings (SSSR count). The van der Waals surface area contributed by atoms with Crippen molar-refractivity contribution in [2.75, 3.05) is 0 Å². The highest BCUT2D eigenvalue weighted by Crippen LogP contribution is 2.21. The van der Waals surface area contributed by atoms with E-state index < -0.39 is 5.56 Å². The van der Waals surface area contributed by atoms with E-state index >= 15 is 0 Å². The largest absolute Gasteiger partial charge is 0.425 e. The van der Waals surface area contributed by atoms with Gasteiger partial charge in [-0.25, -0.2) is 0 Å². The topological polar surface area (TPSA) is 42.2 Å². The molecule has 0 aliphatic heterocycles. The molecular formula is C13H13NO2. The Kier molecular flexibility index (Phi) is 2.77. The Bertz CT molecular complexity index is 531. The SMILES string of the molecule is CC(c1ccccc1)c1cccc(=O)n1O. The highest BCUT2D eigenvalue weighted by Gasteiger charge is 2.12. The second kappa shape index (κ2) is 4.23. The van der Waals surface area contributed by atoms with Gasteiger partial charge in [0.15, 0.2) is 0 Å². The lowest BCUT2D eigenvalue weighted by Crippen LogP contribution is -2.21. The molecule has 2 aromatic rings. The average molecular weight is 215 g/mol. The van der Waals surface area contributed by atoms with Crippen LogP contribution in [0.5, 0.6) is 0 Å². The van der Waals surface area contributed by atoms with Gasteiger partial charge < -0.3 is 5.21 Å². The summed E-state index contributed by atoms with van der Waals surface area (Å²) >= 11 is 0. The van der Waals surface area contributed by atoms with Crippen LogP contribution in [0.4, 0.5) is 0 Å². The molecule has 82 valence electrons. The van der Waals surface area contributed by atoms with Crippen molar-refractivity contribution in [3.63, 3.8) is 0 Å². The van der Waals surface area contributed by atoms with E-state index in [2.05, 4.69) is 0 Å². The summed E-state index contributed by atoms with van der Waals surface area (Å²) in [6.45, 7) is 1.96. The third-order valence-corrected chi connectivity index (χ3v) is 2.70. The molecule has 0 saturated carbocycles. The minimum absolute atomic E-state index is 0.0138. The Labute approximate surface area is 93.6 Å². The van der Waals surface area contributed by atoms with Gasteiger partial charge in [-0.15, -0.1) is 0 Å². The van der Waals surface area contributed by atoms with E-state index in [0.717, 1.165) is 5.56 Å². The van der Waals surface area contributed by atoms with E-state index in [1.807, 2.05) is 37.3 Å². The van der Waals surface area contributed by atoms with Crippen molar-refractivity contribution in [2.45, 2.75) is 12.8 Å². The Balaban J connectivity index is 2.46. The molecule has 1 heterocycles. The third kappa shape index (κ3) is 1.84. The summed E-state index contributed by atoms with van der Waals surface area (Å²) in [5.41, 5.74) is 1.26. The number of nitrogens with zero attached hydrogens (tertiary/aromatic N) is 1. The number of rotatable bonds is 2. The Morgan fingerprint density at radius 1 is 1.06 bits per heavy atom. The zero-order chi connectivity index (χ0) is 11.5. The molecule has 0 bridgehead atoms. The van der Waals surface area contributed by atoms with Gasteiger partial charge in [0.25, 0.3) is 5.56 Å². The van der Waals surface area contributed by atoms with Gasteiger partial charge in [-0.3, -0.25) is 4.79 Å². The molecule has 1 aromatic heterocycles. The lowest BCUT2D eigenvalue weighted by molar-refractivity contribution is 0.163. The minimum atomic E-state index is -0.403. The average Bonchev–Trinajstić information content (AvgIpc) is 2.33. The van der Waals surface area contributed by atoms with Crippen molar-refractivity contribution in [1.29, 1.82) is 0 Å². The van der Waals surface area contributed by atoms with Crippen LogP contribution in [0.15, 0.2) is 53.3 Å². The summed E-state index contributed by atoms with van der Waals surface area (Å²) < 4.78 is 0.706. The van der Waals surface area contributed by atoms with Gasteiger partial charge in [0.2, 0.25) is 0 Å². The highest BCUT2D eigenvalue weighted by molar-refractivity contribution is 5.27. The van der Waals surface area contributed by atoms with Crippen LogP contribution < -0.4 is 5.56 Å². The van der Waals surface area contributed by atoms with Crippen LogP contribution in [0.3, 0.4) is 0 Å². The number of hydrogen-bond donors (Lipinski definition) is 1. The Morgan fingerprint density at radius 3 is 2.44 bits per heavy atom. The molecule has 3 heteroatoms. The molecule has 0 aliphatic rings. The first-order valence-electron chi connectivity index (χ1n) is 5.16. The van der Waals surface area contributed by atoms with Gasteiger partial charge in [-0.05, 0) is 11.6 Å². The zero-order valence-electron chi connectivity index (χ0n) is 9.00. The van der Waals surface area contributed by atoms with E-state index in [1.54, 1.807) is 12.1 Å². The van der Waals surface area contributed by atoms with Crippen LogP contribution >= 0.6 is 0 Å². The van der Waals surface area contributed by atoms with E-state index in [1.165, 1.54) is 6.07 Å². The van der Waals surface area contributed by atoms with Gasteiger partial charge in [-0.2, -0.15) is 4.73 Å². The fourth-order valence-electron chi connectivity index (χ4n) is 1.74. The number of aromatic nitrogens is 1. The quantitative estimate of drug-likeness (QED) is 0.780. The van der Waals surface area contributed by atoms with Gasteiger partial charge in [-0.1, -0.05) is 43.3 Å². The molecule has 0 fully saturated rings. The van der Waals surface area contributed by atoms with Crippen LogP contribution in [-0.4, -0.2) is 9.94 Å². The second-order valence-electron chi connectivity index (χ2n) is 3.73. The summed E-state index contributed by atoms with van der Waals surface area (Å²) in [5, 5.41) is 9.63. The molecule has 1 aromatic carbocycles. The molecule has 1 unspecified atom stereocenters. The van der Waals surface area contributed by atoms with Crippen LogP contribution in [0.25, 0.3) is 0 Å². The predicted molar refractivity (Wildman–Crippen MR) is 61.8 cm³/mol. The van der Waals surface area contributed by atoms with E-state index in [0.29, 0.717) is 10.4 Å². The van der Waals surface area contributed by atoms with Gasteiger partial charge >= 0.3 is 0 Å². The fourth-order valence-corrected chi connectivity index (χ4v) is 1.74. The van der Waals surface area contributed by atoms with Crippen LogP contribution in [0.2, 0.25) is 0 Å². The minimum Gasteiger partial charge on any atom is -0.425 e. The molecule has 3 nitrogen and oxygen atoms in total. The number of pyridine rings is 1. The second-order valence-corrected chi connectivity index (χ2v) is 3.73. The van der Waals surface area contributed by atoms with Crippen molar-refractivity contribution in [3.05, 3.63) is 70.1 Å². The summed E-state index contributed by atoms with van der Waals surface area (Å²) in [7, 11) is 0. The van der Waals surface area contributed by atoms with Crippen LogP contribution in [0, 0.1) is 0 Å². The molecule has 0 radical (unpaired) electrons. The van der Waals surface area contributed by atoms with E-state index in [4.69, 9.17) is 0 Å². The summed E-state index contributed by atoms with van der Waals surface area (Å²) in [6, 6.07) is 14.5. The van der Waals surface area contributed by atoms with E-state index in [9.17, 15) is 10.0 Å².